The van der Waals surface area contributed by atoms with Crippen molar-refractivity contribution < 1.29 is 20.8 Å². The molecule has 0 aromatic rings. The van der Waals surface area contributed by atoms with Gasteiger partial charge in [0.15, 0.2) is 9.84 Å². The Morgan fingerprint density at radius 2 is 1.94 bits per heavy atom. The molecule has 0 aromatic carbocycles. The molecule has 6 heteroatoms. The van der Waals surface area contributed by atoms with Crippen molar-refractivity contribution in [2.45, 2.75) is 32.7 Å². The summed E-state index contributed by atoms with van der Waals surface area (Å²) in [6, 6.07) is 0.196. The van der Waals surface area contributed by atoms with Gasteiger partial charge in [0.2, 0.25) is 0 Å². The normalized spacial score (nSPS) is 22.6. The molecule has 1 aliphatic rings. The van der Waals surface area contributed by atoms with Crippen LogP contribution in [0.1, 0.15) is 26.7 Å². The summed E-state index contributed by atoms with van der Waals surface area (Å²) in [6.45, 7) is 8.54. The van der Waals surface area contributed by atoms with E-state index >= 15 is 0 Å². The maximum atomic E-state index is 11.2. The van der Waals surface area contributed by atoms with E-state index in [0.29, 0.717) is 11.5 Å². The molecule has 4 nitrogen and oxygen atoms in total. The molecule has 1 unspecified atom stereocenters. The molecule has 0 bridgehead atoms. The lowest BCUT2D eigenvalue weighted by Gasteiger charge is -2.18. The first-order valence-corrected chi connectivity index (χ1v) is 8.05. The van der Waals surface area contributed by atoms with E-state index in [2.05, 4.69) is 24.1 Å². The van der Waals surface area contributed by atoms with Crippen LogP contribution in [0.4, 0.5) is 0 Å². The molecule has 0 amide bonds. The molecule has 1 aliphatic heterocycles. The standard InChI is InChI=1S/C11H24N2O2S.ClH/c1-3-13(4-2)8-5-7-12-11-6-9-16(14,15)10-11;/h11-12H,3-10H2,1-2H3;1H/p-1. The average molecular weight is 284 g/mol. The molecule has 1 atom stereocenters. The Morgan fingerprint density at radius 1 is 1.29 bits per heavy atom. The smallest absolute Gasteiger partial charge is 0.151 e. The van der Waals surface area contributed by atoms with E-state index in [9.17, 15) is 8.42 Å². The van der Waals surface area contributed by atoms with Crippen LogP contribution in [-0.4, -0.2) is 57.0 Å². The molecule has 1 heterocycles. The van der Waals surface area contributed by atoms with Crippen molar-refractivity contribution in [3.63, 3.8) is 0 Å². The lowest BCUT2D eigenvalue weighted by atomic mass is 10.2. The molecule has 1 rings (SSSR count). The summed E-state index contributed by atoms with van der Waals surface area (Å²) in [5.41, 5.74) is 0. The van der Waals surface area contributed by atoms with Crippen molar-refractivity contribution in [3.8, 4) is 0 Å². The van der Waals surface area contributed by atoms with Gasteiger partial charge in [0.05, 0.1) is 11.5 Å². The number of halogens is 1. The number of nitrogens with zero attached hydrogens (tertiary/aromatic N) is 1. The highest BCUT2D eigenvalue weighted by Crippen LogP contribution is 2.10. The van der Waals surface area contributed by atoms with Gasteiger partial charge in [-0.3, -0.25) is 0 Å². The van der Waals surface area contributed by atoms with Crippen molar-refractivity contribution in [2.75, 3.05) is 37.7 Å². The molecule has 0 aliphatic carbocycles. The van der Waals surface area contributed by atoms with Crippen LogP contribution in [-0.2, 0) is 9.84 Å². The van der Waals surface area contributed by atoms with Crippen LogP contribution < -0.4 is 17.7 Å². The quantitative estimate of drug-likeness (QED) is 0.525. The van der Waals surface area contributed by atoms with Crippen molar-refractivity contribution >= 4 is 9.84 Å². The highest BCUT2D eigenvalue weighted by Gasteiger charge is 2.26. The van der Waals surface area contributed by atoms with E-state index in [1.54, 1.807) is 0 Å². The Kier molecular flexibility index (Phi) is 8.37. The van der Waals surface area contributed by atoms with Gasteiger partial charge in [-0.1, -0.05) is 13.8 Å². The summed E-state index contributed by atoms with van der Waals surface area (Å²) in [7, 11) is -2.73. The second-order valence-corrected chi connectivity index (χ2v) is 6.66. The van der Waals surface area contributed by atoms with Gasteiger partial charge in [-0.05, 0) is 39.0 Å². The predicted molar refractivity (Wildman–Crippen MR) is 67.5 cm³/mol. The Bertz CT molecular complexity index is 292. The molecule has 0 radical (unpaired) electrons. The first kappa shape index (κ1) is 17.2. The van der Waals surface area contributed by atoms with Gasteiger partial charge in [-0.15, -0.1) is 0 Å². The van der Waals surface area contributed by atoms with Crippen LogP contribution in [0, 0.1) is 0 Å². The van der Waals surface area contributed by atoms with Gasteiger partial charge in [0.25, 0.3) is 0 Å². The third-order valence-electron chi connectivity index (χ3n) is 3.21. The fourth-order valence-electron chi connectivity index (χ4n) is 2.10. The summed E-state index contributed by atoms with van der Waals surface area (Å²) >= 11 is 0. The van der Waals surface area contributed by atoms with Crippen molar-refractivity contribution in [1.82, 2.24) is 10.2 Å². The molecule has 0 saturated carbocycles. The van der Waals surface area contributed by atoms with E-state index < -0.39 is 9.84 Å². The Balaban J connectivity index is 0.00000256. The summed E-state index contributed by atoms with van der Waals surface area (Å²) in [4.78, 5) is 2.38. The van der Waals surface area contributed by atoms with Gasteiger partial charge in [-0.25, -0.2) is 8.42 Å². The second-order valence-electron chi connectivity index (χ2n) is 4.43. The fraction of sp³-hybridized carbons (Fsp3) is 1.00. The fourth-order valence-corrected chi connectivity index (χ4v) is 3.81. The van der Waals surface area contributed by atoms with Gasteiger partial charge < -0.3 is 22.6 Å². The van der Waals surface area contributed by atoms with Gasteiger partial charge in [0.1, 0.15) is 0 Å². The SMILES string of the molecule is CCN(CC)CCCNC1CCS(=O)(=O)C1.[Cl-]. The maximum absolute atomic E-state index is 11.2. The number of rotatable bonds is 7. The van der Waals surface area contributed by atoms with Gasteiger partial charge in [-0.2, -0.15) is 0 Å². The van der Waals surface area contributed by atoms with Gasteiger partial charge in [0, 0.05) is 6.04 Å². The minimum Gasteiger partial charge on any atom is -1.00 e. The second kappa shape index (κ2) is 8.29. The highest BCUT2D eigenvalue weighted by atomic mass is 35.5. The Labute approximate surface area is 111 Å². The van der Waals surface area contributed by atoms with E-state index in [1.165, 1.54) is 0 Å². The van der Waals surface area contributed by atoms with E-state index in [0.717, 1.165) is 39.0 Å². The van der Waals surface area contributed by atoms with Crippen LogP contribution in [0.3, 0.4) is 0 Å². The molecule has 0 aromatic heterocycles. The Hall–Kier alpha value is 0.160. The van der Waals surface area contributed by atoms with Crippen LogP contribution in [0.25, 0.3) is 0 Å². The first-order chi connectivity index (χ1) is 7.57. The molecule has 0 spiro atoms. The van der Waals surface area contributed by atoms with E-state index in [4.69, 9.17) is 0 Å². The molecule has 1 N–H and O–H groups in total. The zero-order valence-corrected chi connectivity index (χ0v) is 12.4. The van der Waals surface area contributed by atoms with Crippen molar-refractivity contribution in [1.29, 1.82) is 0 Å². The van der Waals surface area contributed by atoms with Crippen molar-refractivity contribution in [3.05, 3.63) is 0 Å². The number of hydrogen-bond donors (Lipinski definition) is 1. The maximum Gasteiger partial charge on any atom is 0.151 e. The Morgan fingerprint density at radius 3 is 2.41 bits per heavy atom. The topological polar surface area (TPSA) is 49.4 Å². The van der Waals surface area contributed by atoms with Crippen molar-refractivity contribution in [2.24, 2.45) is 0 Å². The minimum atomic E-state index is -2.73. The van der Waals surface area contributed by atoms with Crippen LogP contribution in [0.2, 0.25) is 0 Å². The number of hydrogen-bond acceptors (Lipinski definition) is 4. The molecular formula is C11H24ClN2O2S-. The number of sulfone groups is 1. The summed E-state index contributed by atoms with van der Waals surface area (Å²) in [6.07, 6.45) is 1.88. The molecule has 1 fully saturated rings. The highest BCUT2D eigenvalue weighted by molar-refractivity contribution is 7.91. The summed E-state index contributed by atoms with van der Waals surface area (Å²) in [5, 5.41) is 3.33. The van der Waals surface area contributed by atoms with Gasteiger partial charge >= 0.3 is 0 Å². The monoisotopic (exact) mass is 283 g/mol. The minimum absolute atomic E-state index is 0. The largest absolute Gasteiger partial charge is 1.00 e. The van der Waals surface area contributed by atoms with E-state index in [-0.39, 0.29) is 18.4 Å². The summed E-state index contributed by atoms with van der Waals surface area (Å²) in [5.74, 6) is 0.693. The third kappa shape index (κ3) is 6.60. The molecular weight excluding hydrogens is 260 g/mol. The van der Waals surface area contributed by atoms with Crippen LogP contribution in [0.5, 0.6) is 0 Å². The van der Waals surface area contributed by atoms with Crippen LogP contribution >= 0.6 is 0 Å². The summed E-state index contributed by atoms with van der Waals surface area (Å²) < 4.78 is 22.5. The zero-order chi connectivity index (χ0) is 12.0. The third-order valence-corrected chi connectivity index (χ3v) is 4.98. The number of nitrogens with one attached hydrogen (secondary N) is 1. The molecule has 17 heavy (non-hydrogen) atoms. The zero-order valence-electron chi connectivity index (χ0n) is 10.8. The van der Waals surface area contributed by atoms with Crippen LogP contribution in [0.15, 0.2) is 0 Å². The van der Waals surface area contributed by atoms with E-state index in [1.807, 2.05) is 0 Å². The lowest BCUT2D eigenvalue weighted by molar-refractivity contribution is -0.00000609. The first-order valence-electron chi connectivity index (χ1n) is 6.23. The molecule has 104 valence electrons. The lowest BCUT2D eigenvalue weighted by Crippen LogP contribution is -3.00. The molecule has 1 saturated heterocycles. The predicted octanol–water partition coefficient (Wildman–Crippen LogP) is -2.50. The average Bonchev–Trinajstić information content (AvgIpc) is 2.59.